The van der Waals surface area contributed by atoms with Crippen LogP contribution in [-0.2, 0) is 0 Å². The first-order chi connectivity index (χ1) is 13.0. The molecule has 0 aliphatic carbocycles. The molecule has 4 heteroatoms. The van der Waals surface area contributed by atoms with E-state index in [9.17, 15) is 0 Å². The third-order valence-electron chi connectivity index (χ3n) is 4.55. The molecule has 1 heterocycles. The molecule has 0 fully saturated rings. The number of aromatic nitrogens is 2. The lowest BCUT2D eigenvalue weighted by Gasteiger charge is -2.11. The molecule has 1 aromatic heterocycles. The van der Waals surface area contributed by atoms with Crippen molar-refractivity contribution < 1.29 is 0 Å². The highest BCUT2D eigenvalue weighted by molar-refractivity contribution is 7.99. The molecule has 0 aliphatic rings. The molecule has 0 atom stereocenters. The average Bonchev–Trinajstić information content (AvgIpc) is 2.64. The zero-order valence-electron chi connectivity index (χ0n) is 15.5. The summed E-state index contributed by atoms with van der Waals surface area (Å²) < 4.78 is 0. The molecule has 0 amide bonds. The minimum atomic E-state index is 0.894. The molecule has 0 radical (unpaired) electrons. The second kappa shape index (κ2) is 7.37. The van der Waals surface area contributed by atoms with Crippen LogP contribution >= 0.6 is 24.4 Å². The second-order valence-corrected chi connectivity index (χ2v) is 8.37. The van der Waals surface area contributed by atoms with Gasteiger partial charge in [0.25, 0.3) is 0 Å². The van der Waals surface area contributed by atoms with Gasteiger partial charge < -0.3 is 0 Å². The minimum absolute atomic E-state index is 0.894. The third-order valence-corrected chi connectivity index (χ3v) is 5.99. The van der Waals surface area contributed by atoms with Crippen molar-refractivity contribution in [2.45, 2.75) is 35.6 Å². The maximum absolute atomic E-state index is 4.58. The molecule has 0 aliphatic heterocycles. The smallest absolute Gasteiger partial charge is 0.131 e. The number of hydrogen-bond donors (Lipinski definition) is 1. The standard InChI is InChI=1S/C23H20N2S2/c1-14-10-15(2)12-18(11-14)27-23-20-7-5-4-6-19(20)22(24-25-23)17-9-8-16(3)21(26)13-17/h4-13,26H,1-3H3. The topological polar surface area (TPSA) is 25.8 Å². The van der Waals surface area contributed by atoms with E-state index < -0.39 is 0 Å². The highest BCUT2D eigenvalue weighted by atomic mass is 32.2. The van der Waals surface area contributed by atoms with E-state index in [2.05, 4.69) is 104 Å². The highest BCUT2D eigenvalue weighted by Gasteiger charge is 2.13. The summed E-state index contributed by atoms with van der Waals surface area (Å²) in [7, 11) is 0. The van der Waals surface area contributed by atoms with Crippen molar-refractivity contribution in [1.29, 1.82) is 0 Å². The van der Waals surface area contributed by atoms with Gasteiger partial charge in [-0.25, -0.2) is 0 Å². The van der Waals surface area contributed by atoms with E-state index in [1.165, 1.54) is 16.0 Å². The van der Waals surface area contributed by atoms with Crippen LogP contribution < -0.4 is 0 Å². The fourth-order valence-corrected chi connectivity index (χ4v) is 4.52. The van der Waals surface area contributed by atoms with Gasteiger partial charge in [0.05, 0.1) is 0 Å². The monoisotopic (exact) mass is 388 g/mol. The van der Waals surface area contributed by atoms with E-state index >= 15 is 0 Å². The maximum Gasteiger partial charge on any atom is 0.131 e. The van der Waals surface area contributed by atoms with Crippen molar-refractivity contribution in [2.24, 2.45) is 0 Å². The lowest BCUT2D eigenvalue weighted by atomic mass is 10.0. The Kier molecular flexibility index (Phi) is 4.94. The zero-order chi connectivity index (χ0) is 19.0. The van der Waals surface area contributed by atoms with Gasteiger partial charge in [-0.3, -0.25) is 0 Å². The highest BCUT2D eigenvalue weighted by Crippen LogP contribution is 2.36. The van der Waals surface area contributed by atoms with E-state index in [-0.39, 0.29) is 0 Å². The van der Waals surface area contributed by atoms with Gasteiger partial charge in [-0.2, -0.15) is 0 Å². The van der Waals surface area contributed by atoms with Crippen LogP contribution in [0.25, 0.3) is 22.0 Å². The first kappa shape index (κ1) is 18.1. The van der Waals surface area contributed by atoms with Gasteiger partial charge >= 0.3 is 0 Å². The van der Waals surface area contributed by atoms with Gasteiger partial charge in [-0.15, -0.1) is 22.8 Å². The Bertz CT molecular complexity index is 1130. The molecule has 0 spiro atoms. The fraction of sp³-hybridized carbons (Fsp3) is 0.130. The van der Waals surface area contributed by atoms with Gasteiger partial charge in [0.15, 0.2) is 0 Å². The molecule has 3 aromatic carbocycles. The molecule has 27 heavy (non-hydrogen) atoms. The number of rotatable bonds is 3. The Morgan fingerprint density at radius 2 is 1.48 bits per heavy atom. The first-order valence-corrected chi connectivity index (χ1v) is 10.1. The number of hydrogen-bond acceptors (Lipinski definition) is 4. The molecule has 0 saturated carbocycles. The normalized spacial score (nSPS) is 11.1. The average molecular weight is 389 g/mol. The fourth-order valence-electron chi connectivity index (χ4n) is 3.23. The molecule has 0 bridgehead atoms. The molecular formula is C23H20N2S2. The quantitative estimate of drug-likeness (QED) is 0.397. The molecule has 0 saturated heterocycles. The molecule has 4 rings (SSSR count). The number of fused-ring (bicyclic) bond motifs is 1. The van der Waals surface area contributed by atoms with Gasteiger partial charge in [-0.1, -0.05) is 54.2 Å². The van der Waals surface area contributed by atoms with Crippen LogP contribution in [0.1, 0.15) is 16.7 Å². The summed E-state index contributed by atoms with van der Waals surface area (Å²) in [6.45, 7) is 6.30. The number of nitrogens with zero attached hydrogens (tertiary/aromatic N) is 2. The van der Waals surface area contributed by atoms with Crippen LogP contribution in [0.15, 0.2) is 75.5 Å². The van der Waals surface area contributed by atoms with Crippen molar-refractivity contribution in [3.63, 3.8) is 0 Å². The van der Waals surface area contributed by atoms with Crippen molar-refractivity contribution in [3.05, 3.63) is 77.4 Å². The van der Waals surface area contributed by atoms with Crippen LogP contribution in [0.5, 0.6) is 0 Å². The number of thiol groups is 1. The summed E-state index contributed by atoms with van der Waals surface area (Å²) >= 11 is 6.23. The second-order valence-electron chi connectivity index (χ2n) is 6.83. The minimum Gasteiger partial charge on any atom is -0.149 e. The molecule has 2 nitrogen and oxygen atoms in total. The molecule has 0 unspecified atom stereocenters. The van der Waals surface area contributed by atoms with Crippen molar-refractivity contribution in [2.75, 3.05) is 0 Å². The molecule has 134 valence electrons. The van der Waals surface area contributed by atoms with Crippen LogP contribution in [0.4, 0.5) is 0 Å². The van der Waals surface area contributed by atoms with Gasteiger partial charge in [0.1, 0.15) is 10.7 Å². The van der Waals surface area contributed by atoms with E-state index in [0.717, 1.165) is 37.5 Å². The number of aryl methyl sites for hydroxylation is 3. The first-order valence-electron chi connectivity index (χ1n) is 8.83. The molecular weight excluding hydrogens is 368 g/mol. The summed E-state index contributed by atoms with van der Waals surface area (Å²) in [5.41, 5.74) is 5.60. The van der Waals surface area contributed by atoms with Gasteiger partial charge in [0, 0.05) is 26.1 Å². The Morgan fingerprint density at radius 1 is 0.778 bits per heavy atom. The van der Waals surface area contributed by atoms with Crippen LogP contribution in [0, 0.1) is 20.8 Å². The SMILES string of the molecule is Cc1cc(C)cc(Sc2nnc(-c3ccc(C)c(S)c3)c3ccccc23)c1. The van der Waals surface area contributed by atoms with Gasteiger partial charge in [0.2, 0.25) is 0 Å². The molecule has 0 N–H and O–H groups in total. The summed E-state index contributed by atoms with van der Waals surface area (Å²) in [6, 6.07) is 21.1. The Balaban J connectivity index is 1.84. The maximum atomic E-state index is 4.58. The summed E-state index contributed by atoms with van der Waals surface area (Å²) in [5.74, 6) is 0. The summed E-state index contributed by atoms with van der Waals surface area (Å²) in [5, 5.41) is 12.3. The Morgan fingerprint density at radius 3 is 2.19 bits per heavy atom. The van der Waals surface area contributed by atoms with Crippen LogP contribution in [-0.4, -0.2) is 10.2 Å². The zero-order valence-corrected chi connectivity index (χ0v) is 17.2. The summed E-state index contributed by atoms with van der Waals surface area (Å²) in [6.07, 6.45) is 0. The van der Waals surface area contributed by atoms with E-state index in [4.69, 9.17) is 0 Å². The van der Waals surface area contributed by atoms with Crippen LogP contribution in [0.3, 0.4) is 0 Å². The predicted octanol–water partition coefficient (Wildman–Crippen LogP) is 6.66. The van der Waals surface area contributed by atoms with E-state index in [1.54, 1.807) is 11.8 Å². The van der Waals surface area contributed by atoms with Crippen LogP contribution in [0.2, 0.25) is 0 Å². The van der Waals surface area contributed by atoms with Crippen molar-refractivity contribution >= 4 is 35.2 Å². The lowest BCUT2D eigenvalue weighted by molar-refractivity contribution is 0.960. The van der Waals surface area contributed by atoms with Gasteiger partial charge in [-0.05, 0) is 55.7 Å². The predicted molar refractivity (Wildman–Crippen MR) is 117 cm³/mol. The Hall–Kier alpha value is -2.30. The Labute approximate surface area is 169 Å². The van der Waals surface area contributed by atoms with E-state index in [0.29, 0.717) is 0 Å². The summed E-state index contributed by atoms with van der Waals surface area (Å²) in [4.78, 5) is 2.15. The number of benzene rings is 3. The third kappa shape index (κ3) is 3.73. The molecule has 4 aromatic rings. The largest absolute Gasteiger partial charge is 0.149 e. The lowest BCUT2D eigenvalue weighted by Crippen LogP contribution is -1.94. The van der Waals surface area contributed by atoms with E-state index in [1.807, 2.05) is 0 Å². The van der Waals surface area contributed by atoms with Crippen molar-refractivity contribution in [1.82, 2.24) is 10.2 Å². The van der Waals surface area contributed by atoms with Crippen molar-refractivity contribution in [3.8, 4) is 11.3 Å².